The van der Waals surface area contributed by atoms with Crippen molar-refractivity contribution >= 4 is 185 Å². The summed E-state index contributed by atoms with van der Waals surface area (Å²) >= 11 is 31.2. The van der Waals surface area contributed by atoms with Gasteiger partial charge in [0.25, 0.3) is 0 Å². The fourth-order valence-electron chi connectivity index (χ4n) is 15.6. The van der Waals surface area contributed by atoms with Gasteiger partial charge < -0.3 is 81.1 Å². The Bertz CT molecular complexity index is 6810. The summed E-state index contributed by atoms with van der Waals surface area (Å²) in [4.78, 5) is 109. The third-order valence-electron chi connectivity index (χ3n) is 23.3. The largest absolute Gasteiger partial charge is 0.496 e. The number of hydrogen-bond acceptors (Lipinski definition) is 28. The molecule has 0 radical (unpaired) electrons. The lowest BCUT2D eigenvalue weighted by Gasteiger charge is -2.36. The molecule has 145 heavy (non-hydrogen) atoms. The number of hydrogen-bond donors (Lipinski definition) is 5. The molecule has 17 rings (SSSR count). The molecule has 770 valence electrons. The number of piperazine rings is 3. The molecule has 3 amide bonds. The van der Waals surface area contributed by atoms with Crippen LogP contribution in [0.2, 0.25) is 25.2 Å². The van der Waals surface area contributed by atoms with Crippen LogP contribution < -0.4 is 48.0 Å². The highest BCUT2D eigenvalue weighted by Crippen LogP contribution is 2.47. The second-order valence-electron chi connectivity index (χ2n) is 36.3. The molecule has 0 saturated carbocycles. The molecule has 50 heteroatoms. The third kappa shape index (κ3) is 27.3. The van der Waals surface area contributed by atoms with Gasteiger partial charge in [-0.05, 0) is 192 Å². The summed E-state index contributed by atoms with van der Waals surface area (Å²) in [5, 5.41) is 10.5. The molecule has 0 aliphatic carbocycles. The molecule has 32 nitrogen and oxygen atoms in total. The number of aliphatic carboxylic acids is 1. The van der Waals surface area contributed by atoms with Crippen LogP contribution in [0.5, 0.6) is 0 Å². The molecule has 5 aliphatic heterocycles. The van der Waals surface area contributed by atoms with Crippen LogP contribution in [0.3, 0.4) is 0 Å². The minimum atomic E-state index is -4.64. The number of nitrogens with two attached hydrogens (primary N) is 4. The van der Waals surface area contributed by atoms with Crippen LogP contribution in [-0.2, 0) is 53.1 Å². The molecule has 5 aliphatic rings. The number of carbonyl (C=O) groups is 4. The number of alkyl halides is 12. The van der Waals surface area contributed by atoms with Crippen molar-refractivity contribution in [2.45, 2.75) is 136 Å². The quantitative estimate of drug-likeness (QED) is 0.0367. The second kappa shape index (κ2) is 44.8. The van der Waals surface area contributed by atoms with Crippen molar-refractivity contribution in [3.63, 3.8) is 0 Å². The maximum atomic E-state index is 13.6. The molecule has 0 spiro atoms. The number of rotatable bonds is 10. The standard InChI is InChI=1S/C23H32BClN4O4.C23H24ClF3N6O2.C21H18ClF3N6O.C19H17ClF3N5.C6H4ClF3N2.C3H4O2/c1-21(2,3)31-20(30)29-10-8-28(9-11-29)19-15-12-17(25)16(13-18(15)26-14-27-19)24-32-22(4,5)23(6,7)33-24;1-22(2,3)35-21(34)33-8-6-32(7-9-33)20-14-10-16(24)13(11-17(14)29-12-30-20)19-15(23(25,26)27)4-5-18(28)31-19;1-2-18(32)30-5-7-31(8-6-30)20-13-9-15(22)12(10-16(13)27-11-28-20)19-14(21(23,24)25)3-4-17(26)29-19;20-14-8-12-15(25-10-26-18(12)28-6-2-1-3-7-28)9-11(14)17-13(19(21,22)23)4-5-16(24)27-17;7-5-3(6(8,9)10)1-2-4(11)12-5;1-2-3(4)5/h12-14H,8-11H2,1-7H3;4-5,10-12H,6-9H2,1-3H3,(H2,28,31);2-4,9-11H,1,5-8H2,(H2,26,29);4-5,8-10H,1-3,6-7H2,(H2,24,27);1-2H,(H2,11,12);2H,1H2,(H,4,5). The Hall–Kier alpha value is -13.2. The van der Waals surface area contributed by atoms with Crippen LogP contribution >= 0.6 is 58.0 Å². The van der Waals surface area contributed by atoms with E-state index in [1.807, 2.05) is 91.2 Å². The van der Waals surface area contributed by atoms with Crippen LogP contribution in [-0.4, -0.2) is 225 Å². The monoisotopic (exact) mass is 2120 g/mol. The Morgan fingerprint density at radius 1 is 0.386 bits per heavy atom. The van der Waals surface area contributed by atoms with Crippen molar-refractivity contribution < 1.29 is 95.8 Å². The normalized spacial score (nSPS) is 15.6. The molecule has 13 heterocycles. The maximum absolute atomic E-state index is 13.6. The zero-order valence-electron chi connectivity index (χ0n) is 79.7. The van der Waals surface area contributed by atoms with E-state index in [1.54, 1.807) is 27.1 Å². The lowest BCUT2D eigenvalue weighted by Crippen LogP contribution is -2.50. The summed E-state index contributed by atoms with van der Waals surface area (Å²) in [6.07, 6.45) is -7.93. The first kappa shape index (κ1) is 111. The first-order valence-corrected chi connectivity index (χ1v) is 46.6. The molecule has 0 bridgehead atoms. The number of ether oxygens (including phenoxy) is 2. The zero-order valence-corrected chi connectivity index (χ0v) is 83.4. The second-order valence-corrected chi connectivity index (χ2v) is 38.3. The smallest absolute Gasteiger partial charge is 0.478 e. The molecular formula is C95H99BCl5F12N23O9. The van der Waals surface area contributed by atoms with E-state index >= 15 is 0 Å². The van der Waals surface area contributed by atoms with Crippen molar-refractivity contribution in [3.8, 4) is 33.8 Å². The van der Waals surface area contributed by atoms with Gasteiger partial charge in [-0.1, -0.05) is 71.2 Å². The van der Waals surface area contributed by atoms with E-state index in [2.05, 4.69) is 82.8 Å². The van der Waals surface area contributed by atoms with Crippen LogP contribution in [0.1, 0.15) is 111 Å². The number of piperidine rings is 1. The van der Waals surface area contributed by atoms with Gasteiger partial charge in [-0.25, -0.2) is 74.2 Å². The Kier molecular flexibility index (Phi) is 34.2. The number of carboxylic acids is 1. The van der Waals surface area contributed by atoms with Gasteiger partial charge in [0.1, 0.15) is 88.2 Å². The van der Waals surface area contributed by atoms with Gasteiger partial charge in [0.05, 0.1) is 87.7 Å². The molecule has 8 aromatic heterocycles. The molecule has 5 fully saturated rings. The van der Waals surface area contributed by atoms with E-state index in [0.717, 1.165) is 109 Å². The predicted molar refractivity (Wildman–Crippen MR) is 533 cm³/mol. The number of pyridine rings is 4. The van der Waals surface area contributed by atoms with E-state index in [-0.39, 0.29) is 90.2 Å². The number of nitrogens with zero attached hydrogens (tertiary/aromatic N) is 19. The fourth-order valence-corrected chi connectivity index (χ4v) is 16.9. The summed E-state index contributed by atoms with van der Waals surface area (Å²) in [5.41, 5.74) is 18.4. The number of amides is 3. The van der Waals surface area contributed by atoms with E-state index in [4.69, 9.17) is 105 Å². The minimum absolute atomic E-state index is 0.0177. The molecular weight excluding hydrogens is 2020 g/mol. The summed E-state index contributed by atoms with van der Waals surface area (Å²) in [6, 6.07) is 20.8. The Morgan fingerprint density at radius 2 is 0.662 bits per heavy atom. The highest BCUT2D eigenvalue weighted by atomic mass is 35.5. The van der Waals surface area contributed by atoms with Crippen LogP contribution in [0.4, 0.5) is 109 Å². The molecule has 0 atom stereocenters. The molecule has 4 aromatic carbocycles. The highest BCUT2D eigenvalue weighted by molar-refractivity contribution is 6.66. The fraction of sp³-hybridized carbons (Fsp3) is 0.368. The minimum Gasteiger partial charge on any atom is -0.478 e. The number of carbonyl (C=O) groups excluding carboxylic acids is 3. The van der Waals surface area contributed by atoms with Crippen molar-refractivity contribution in [2.75, 3.05) is 134 Å². The summed E-state index contributed by atoms with van der Waals surface area (Å²) in [5.74, 6) is 1.42. The maximum Gasteiger partial charge on any atom is 0.496 e. The number of carboxylic acid groups (broad SMARTS) is 1. The molecule has 0 unspecified atom stereocenters. The van der Waals surface area contributed by atoms with Crippen LogP contribution in [0, 0.1) is 0 Å². The number of halogens is 17. The van der Waals surface area contributed by atoms with Gasteiger partial charge in [-0.15, -0.1) is 0 Å². The summed E-state index contributed by atoms with van der Waals surface area (Å²) < 4.78 is 181. The molecule has 12 aromatic rings. The number of benzene rings is 4. The summed E-state index contributed by atoms with van der Waals surface area (Å²) in [6.45, 7) is 33.6. The van der Waals surface area contributed by atoms with E-state index < -0.39 is 87.6 Å². The molecule has 5 saturated heterocycles. The highest BCUT2D eigenvalue weighted by Gasteiger charge is 2.53. The van der Waals surface area contributed by atoms with Crippen molar-refractivity contribution in [3.05, 3.63) is 195 Å². The first-order valence-electron chi connectivity index (χ1n) is 44.7. The lowest BCUT2D eigenvalue weighted by molar-refractivity contribution is -0.138. The topological polar surface area (TPSA) is 407 Å². The van der Waals surface area contributed by atoms with Crippen LogP contribution in [0.15, 0.2) is 148 Å². The Balaban J connectivity index is 0.000000163. The van der Waals surface area contributed by atoms with Gasteiger partial charge in [-0.3, -0.25) is 4.79 Å². The van der Waals surface area contributed by atoms with Gasteiger partial charge in [-0.2, -0.15) is 52.7 Å². The van der Waals surface area contributed by atoms with Crippen molar-refractivity contribution in [2.24, 2.45) is 0 Å². The Labute approximate surface area is 848 Å². The molecule has 9 N–H and O–H groups in total. The van der Waals surface area contributed by atoms with Crippen molar-refractivity contribution in [1.29, 1.82) is 0 Å². The SMILES string of the molecule is C=CC(=O)N1CCN(c2ncnc3cc(-c4nc(N)ccc4C(F)(F)F)c(Cl)cc23)CC1.C=CC(=O)O.CC(C)(C)OC(=O)N1CCN(c2ncnc3cc(-c4nc(N)ccc4C(F)(F)F)c(Cl)cc23)CC1.CC(C)(C)OC(=O)N1CCN(c2ncnc3cc(B4OC(C)(C)C(C)(C)O4)c(Cl)cc23)CC1.Nc1ccc(C(F)(F)F)c(-c2cc3ncnc(N4CCCCC4)c3cc2Cl)n1.Nc1ccc(C(F)(F)F)c(Cl)n1. The number of fused-ring (bicyclic) bond motifs is 4. The van der Waals surface area contributed by atoms with E-state index in [0.29, 0.717) is 128 Å². The average molecular weight is 2120 g/mol. The van der Waals surface area contributed by atoms with Gasteiger partial charge in [0.2, 0.25) is 5.91 Å². The van der Waals surface area contributed by atoms with Crippen molar-refractivity contribution in [1.82, 2.24) is 74.5 Å². The average Bonchev–Trinajstić information content (AvgIpc) is 1.72. The Morgan fingerprint density at radius 3 is 0.945 bits per heavy atom. The first-order chi connectivity index (χ1) is 67.8. The van der Waals surface area contributed by atoms with E-state index in [9.17, 15) is 71.9 Å². The third-order valence-corrected chi connectivity index (χ3v) is 24.9. The van der Waals surface area contributed by atoms with Gasteiger partial charge in [0, 0.05) is 146 Å². The van der Waals surface area contributed by atoms with Crippen LogP contribution in [0.25, 0.3) is 77.4 Å². The number of aromatic nitrogens is 12. The number of nitrogen functional groups attached to an aromatic ring is 4. The predicted octanol–water partition coefficient (Wildman–Crippen LogP) is 20.0. The zero-order chi connectivity index (χ0) is 106. The summed E-state index contributed by atoms with van der Waals surface area (Å²) in [7, 11) is -0.567. The van der Waals surface area contributed by atoms with E-state index in [1.165, 1.54) is 61.8 Å². The van der Waals surface area contributed by atoms with Gasteiger partial charge >= 0.3 is 50.0 Å². The van der Waals surface area contributed by atoms with Gasteiger partial charge in [0.15, 0.2) is 0 Å². The number of anilines is 8. The lowest BCUT2D eigenvalue weighted by atomic mass is 9.78.